The van der Waals surface area contributed by atoms with Crippen molar-refractivity contribution in [3.8, 4) is 0 Å². The van der Waals surface area contributed by atoms with E-state index < -0.39 is 5.41 Å². The standard InChI is InChI=1S/C28H33FN2O3/c1-30-11-9-28(10-12-30,18-24-4-2-3-5-25(24)29)27(32)31-13-15-33-20-22(19-31)16-21-6-7-23-8-14-34-26(23)17-21/h2-8,14,17,22H,9-13,15-16,18-20H2,1H3. The Labute approximate surface area is 200 Å². The Hall–Kier alpha value is -2.70. The first-order chi connectivity index (χ1) is 16.5. The number of amides is 1. The molecule has 2 aliphatic rings. The summed E-state index contributed by atoms with van der Waals surface area (Å²) in [6.45, 7) is 4.09. The van der Waals surface area contributed by atoms with Crippen molar-refractivity contribution < 1.29 is 18.3 Å². The molecule has 0 radical (unpaired) electrons. The molecule has 1 unspecified atom stereocenters. The van der Waals surface area contributed by atoms with Crippen molar-refractivity contribution >= 4 is 16.9 Å². The number of carbonyl (C=O) groups excluding carboxylic acids is 1. The van der Waals surface area contributed by atoms with Crippen LogP contribution in [0.3, 0.4) is 0 Å². The second-order valence-corrected chi connectivity index (χ2v) is 10.0. The molecule has 5 nitrogen and oxygen atoms in total. The highest BCUT2D eigenvalue weighted by atomic mass is 19.1. The predicted molar refractivity (Wildman–Crippen MR) is 130 cm³/mol. The zero-order chi connectivity index (χ0) is 23.5. The van der Waals surface area contributed by atoms with Crippen LogP contribution in [0.5, 0.6) is 0 Å². The number of carbonyl (C=O) groups is 1. The van der Waals surface area contributed by atoms with Crippen molar-refractivity contribution in [1.29, 1.82) is 0 Å². The third-order valence-electron chi connectivity index (χ3n) is 7.55. The van der Waals surface area contributed by atoms with Gasteiger partial charge in [-0.2, -0.15) is 0 Å². The lowest BCUT2D eigenvalue weighted by atomic mass is 9.72. The number of nitrogens with zero attached hydrogens (tertiary/aromatic N) is 2. The first-order valence-corrected chi connectivity index (χ1v) is 12.3. The van der Waals surface area contributed by atoms with Crippen molar-refractivity contribution in [3.63, 3.8) is 0 Å². The van der Waals surface area contributed by atoms with E-state index in [0.29, 0.717) is 38.3 Å². The Kier molecular flexibility index (Phi) is 6.70. The van der Waals surface area contributed by atoms with Gasteiger partial charge in [-0.25, -0.2) is 4.39 Å². The maximum absolute atomic E-state index is 14.6. The summed E-state index contributed by atoms with van der Waals surface area (Å²) >= 11 is 0. The summed E-state index contributed by atoms with van der Waals surface area (Å²) in [5, 5.41) is 1.09. The Morgan fingerprint density at radius 1 is 1.12 bits per heavy atom. The number of likely N-dealkylation sites (tertiary alicyclic amines) is 1. The van der Waals surface area contributed by atoms with Gasteiger partial charge in [-0.15, -0.1) is 0 Å². The molecule has 2 fully saturated rings. The molecule has 3 aromatic rings. The molecule has 180 valence electrons. The molecule has 5 rings (SSSR count). The summed E-state index contributed by atoms with van der Waals surface area (Å²) in [7, 11) is 2.09. The van der Waals surface area contributed by atoms with Crippen LogP contribution in [-0.4, -0.2) is 62.1 Å². The first kappa shape index (κ1) is 23.1. The normalized spacial score (nSPS) is 21.5. The first-order valence-electron chi connectivity index (χ1n) is 12.3. The number of benzene rings is 2. The summed E-state index contributed by atoms with van der Waals surface area (Å²) in [6, 6.07) is 15.1. The van der Waals surface area contributed by atoms with E-state index in [0.717, 1.165) is 43.3 Å². The lowest BCUT2D eigenvalue weighted by Crippen LogP contribution is -2.52. The molecular weight excluding hydrogens is 431 g/mol. The van der Waals surface area contributed by atoms with E-state index in [9.17, 15) is 9.18 Å². The fourth-order valence-electron chi connectivity index (χ4n) is 5.50. The lowest BCUT2D eigenvalue weighted by Gasteiger charge is -2.42. The van der Waals surface area contributed by atoms with Gasteiger partial charge in [-0.05, 0) is 75.1 Å². The van der Waals surface area contributed by atoms with Crippen LogP contribution in [0.1, 0.15) is 24.0 Å². The fraction of sp³-hybridized carbons (Fsp3) is 0.464. The average molecular weight is 465 g/mol. The predicted octanol–water partition coefficient (Wildman–Crippen LogP) is 4.54. The molecule has 1 amide bonds. The lowest BCUT2D eigenvalue weighted by molar-refractivity contribution is -0.145. The SMILES string of the molecule is CN1CCC(Cc2ccccc2F)(C(=O)N2CCOCC(Cc3ccc4ccoc4c3)C2)CC1. The summed E-state index contributed by atoms with van der Waals surface area (Å²) < 4.78 is 26.1. The molecule has 1 atom stereocenters. The minimum Gasteiger partial charge on any atom is -0.464 e. The highest BCUT2D eigenvalue weighted by Gasteiger charge is 2.44. The molecule has 34 heavy (non-hydrogen) atoms. The van der Waals surface area contributed by atoms with Crippen LogP contribution in [0.4, 0.5) is 4.39 Å². The topological polar surface area (TPSA) is 45.9 Å². The van der Waals surface area contributed by atoms with E-state index in [1.54, 1.807) is 12.3 Å². The highest BCUT2D eigenvalue weighted by molar-refractivity contribution is 5.83. The van der Waals surface area contributed by atoms with Crippen LogP contribution in [0.15, 0.2) is 59.2 Å². The average Bonchev–Trinajstić information content (AvgIpc) is 3.19. The molecule has 1 aromatic heterocycles. The minimum absolute atomic E-state index is 0.154. The Bertz CT molecular complexity index is 1140. The molecule has 0 saturated carbocycles. The molecule has 0 aliphatic carbocycles. The van der Waals surface area contributed by atoms with Gasteiger partial charge in [0.05, 0.1) is 24.9 Å². The molecule has 3 heterocycles. The quantitative estimate of drug-likeness (QED) is 0.556. The van der Waals surface area contributed by atoms with Crippen molar-refractivity contribution in [3.05, 3.63) is 71.7 Å². The number of hydrogen-bond acceptors (Lipinski definition) is 4. The van der Waals surface area contributed by atoms with Crippen molar-refractivity contribution in [1.82, 2.24) is 9.80 Å². The minimum atomic E-state index is -0.573. The number of rotatable bonds is 5. The fourth-order valence-corrected chi connectivity index (χ4v) is 5.50. The second-order valence-electron chi connectivity index (χ2n) is 10.0. The molecular formula is C28H33FN2O3. The highest BCUT2D eigenvalue weighted by Crippen LogP contribution is 2.38. The second kappa shape index (κ2) is 9.88. The molecule has 0 N–H and O–H groups in total. The number of halogens is 1. The summed E-state index contributed by atoms with van der Waals surface area (Å²) in [4.78, 5) is 18.4. The van der Waals surface area contributed by atoms with E-state index in [2.05, 4.69) is 30.1 Å². The summed E-state index contributed by atoms with van der Waals surface area (Å²) in [6.07, 6.45) is 4.47. The van der Waals surface area contributed by atoms with Gasteiger partial charge in [0.15, 0.2) is 0 Å². The van der Waals surface area contributed by atoms with Crippen LogP contribution in [0.2, 0.25) is 0 Å². The molecule has 2 aromatic carbocycles. The maximum Gasteiger partial charge on any atom is 0.229 e. The molecule has 0 bridgehead atoms. The third-order valence-corrected chi connectivity index (χ3v) is 7.55. The Balaban J connectivity index is 1.35. The van der Waals surface area contributed by atoms with Crippen LogP contribution in [0, 0.1) is 17.2 Å². The van der Waals surface area contributed by atoms with Gasteiger partial charge < -0.3 is 19.0 Å². The smallest absolute Gasteiger partial charge is 0.229 e. The number of furan rings is 1. The molecule has 0 spiro atoms. The molecule has 2 aliphatic heterocycles. The molecule has 6 heteroatoms. The number of fused-ring (bicyclic) bond motifs is 1. The number of ether oxygens (including phenoxy) is 1. The largest absolute Gasteiger partial charge is 0.464 e. The van der Waals surface area contributed by atoms with Gasteiger partial charge in [-0.1, -0.05) is 30.3 Å². The Morgan fingerprint density at radius 2 is 1.94 bits per heavy atom. The van der Waals surface area contributed by atoms with E-state index in [4.69, 9.17) is 9.15 Å². The van der Waals surface area contributed by atoms with Crippen LogP contribution >= 0.6 is 0 Å². The van der Waals surface area contributed by atoms with Crippen LogP contribution in [-0.2, 0) is 22.4 Å². The van der Waals surface area contributed by atoms with Crippen molar-refractivity contribution in [2.45, 2.75) is 25.7 Å². The van der Waals surface area contributed by atoms with E-state index in [-0.39, 0.29) is 17.6 Å². The van der Waals surface area contributed by atoms with Gasteiger partial charge in [0.25, 0.3) is 0 Å². The number of hydrogen-bond donors (Lipinski definition) is 0. The number of piperidine rings is 1. The zero-order valence-corrected chi connectivity index (χ0v) is 19.8. The van der Waals surface area contributed by atoms with Crippen molar-refractivity contribution in [2.24, 2.45) is 11.3 Å². The zero-order valence-electron chi connectivity index (χ0n) is 19.8. The van der Waals surface area contributed by atoms with E-state index >= 15 is 0 Å². The van der Waals surface area contributed by atoms with Gasteiger partial charge in [0.2, 0.25) is 5.91 Å². The molecule has 2 saturated heterocycles. The van der Waals surface area contributed by atoms with Gasteiger partial charge in [-0.3, -0.25) is 4.79 Å². The van der Waals surface area contributed by atoms with Gasteiger partial charge in [0, 0.05) is 24.4 Å². The van der Waals surface area contributed by atoms with E-state index in [1.165, 1.54) is 11.6 Å². The van der Waals surface area contributed by atoms with Gasteiger partial charge in [0.1, 0.15) is 11.4 Å². The monoisotopic (exact) mass is 464 g/mol. The van der Waals surface area contributed by atoms with E-state index in [1.807, 2.05) is 23.1 Å². The van der Waals surface area contributed by atoms with Crippen LogP contribution in [0.25, 0.3) is 11.0 Å². The van der Waals surface area contributed by atoms with Gasteiger partial charge >= 0.3 is 0 Å². The summed E-state index contributed by atoms with van der Waals surface area (Å²) in [5.41, 5.74) is 2.13. The third kappa shape index (κ3) is 4.89. The summed E-state index contributed by atoms with van der Waals surface area (Å²) in [5.74, 6) is 0.135. The maximum atomic E-state index is 14.6. The van der Waals surface area contributed by atoms with Crippen molar-refractivity contribution in [2.75, 3.05) is 46.4 Å². The van der Waals surface area contributed by atoms with Crippen LogP contribution < -0.4 is 0 Å². The Morgan fingerprint density at radius 3 is 2.76 bits per heavy atom.